The average Bonchev–Trinajstić information content (AvgIpc) is 3.44. The van der Waals surface area contributed by atoms with Crippen LogP contribution in [0.2, 0.25) is 0 Å². The molecular weight excluding hydrogens is 486 g/mol. The zero-order valence-electron chi connectivity index (χ0n) is 22.6. The Labute approximate surface area is 221 Å². The summed E-state index contributed by atoms with van der Waals surface area (Å²) < 4.78 is 24.0. The standard InChI is InChI=1S/C30H35NO7/c1-26(2)25-20(32)14-21-29(37-25,38-26)11-10-27(3)28(4)16(13-22(30(21,27)34)36-23(33)15-35-5)12-18-17-8-6-7-9-19(17)31-24(18)28/h6-9,14,16,22,25,31,34H,10-13,15H2,1-5H3/t16-,22+,25+,27?,28-,29?,30+/m1/s1. The number of ether oxygens (including phenoxy) is 4. The van der Waals surface area contributed by atoms with Gasteiger partial charge in [-0.1, -0.05) is 32.0 Å². The highest BCUT2D eigenvalue weighted by atomic mass is 16.8. The van der Waals surface area contributed by atoms with E-state index in [0.717, 1.165) is 17.6 Å². The van der Waals surface area contributed by atoms with Crippen molar-refractivity contribution in [2.45, 2.75) is 88.0 Å². The number of carbonyl (C=O) groups excluding carboxylic acids is 2. The van der Waals surface area contributed by atoms with Crippen LogP contribution < -0.4 is 0 Å². The van der Waals surface area contributed by atoms with E-state index in [9.17, 15) is 14.7 Å². The number of ketones is 1. The highest BCUT2D eigenvalue weighted by Gasteiger charge is 2.78. The number of benzene rings is 1. The van der Waals surface area contributed by atoms with Crippen LogP contribution >= 0.6 is 0 Å². The highest BCUT2D eigenvalue weighted by molar-refractivity contribution is 5.97. The zero-order valence-corrected chi connectivity index (χ0v) is 22.6. The predicted octanol–water partition coefficient (Wildman–Crippen LogP) is 3.49. The molecule has 3 aliphatic carbocycles. The molecule has 8 heteroatoms. The van der Waals surface area contributed by atoms with Gasteiger partial charge >= 0.3 is 5.97 Å². The summed E-state index contributed by atoms with van der Waals surface area (Å²) in [6, 6.07) is 8.29. The third kappa shape index (κ3) is 2.65. The molecule has 5 aliphatic rings. The van der Waals surface area contributed by atoms with Gasteiger partial charge in [0.2, 0.25) is 0 Å². The number of esters is 1. The molecule has 0 radical (unpaired) electrons. The third-order valence-corrected chi connectivity index (χ3v) is 10.8. The van der Waals surface area contributed by atoms with Crippen LogP contribution in [0, 0.1) is 11.3 Å². The second kappa shape index (κ2) is 7.36. The lowest BCUT2D eigenvalue weighted by molar-refractivity contribution is -0.277. The fraction of sp³-hybridized carbons (Fsp3) is 0.600. The van der Waals surface area contributed by atoms with Gasteiger partial charge in [0.1, 0.15) is 23.9 Å². The van der Waals surface area contributed by atoms with Gasteiger partial charge in [-0.15, -0.1) is 0 Å². The second-order valence-corrected chi connectivity index (χ2v) is 12.8. The number of rotatable bonds is 3. The van der Waals surface area contributed by atoms with E-state index < -0.39 is 46.0 Å². The molecule has 2 N–H and O–H groups in total. The van der Waals surface area contributed by atoms with Gasteiger partial charge in [-0.05, 0) is 56.7 Å². The molecule has 2 aliphatic heterocycles. The number of aromatic nitrogens is 1. The van der Waals surface area contributed by atoms with Gasteiger partial charge in [-0.2, -0.15) is 0 Å². The smallest absolute Gasteiger partial charge is 0.332 e. The first-order chi connectivity index (χ1) is 17.9. The fourth-order valence-electron chi connectivity index (χ4n) is 8.84. The molecule has 3 heterocycles. The summed E-state index contributed by atoms with van der Waals surface area (Å²) >= 11 is 0. The Morgan fingerprint density at radius 3 is 2.71 bits per heavy atom. The van der Waals surface area contributed by atoms with Crippen LogP contribution in [0.1, 0.15) is 58.2 Å². The Bertz CT molecular complexity index is 1420. The van der Waals surface area contributed by atoms with Crippen LogP contribution in [-0.2, 0) is 40.4 Å². The first-order valence-corrected chi connectivity index (χ1v) is 13.6. The maximum atomic E-state index is 13.4. The molecule has 202 valence electrons. The second-order valence-electron chi connectivity index (χ2n) is 12.8. The topological polar surface area (TPSA) is 107 Å². The predicted molar refractivity (Wildman–Crippen MR) is 137 cm³/mol. The first-order valence-electron chi connectivity index (χ1n) is 13.6. The number of nitrogens with one attached hydrogen (secondary N) is 1. The lowest BCUT2D eigenvalue weighted by atomic mass is 9.41. The maximum absolute atomic E-state index is 13.4. The summed E-state index contributed by atoms with van der Waals surface area (Å²) in [7, 11) is 1.44. The number of aliphatic hydroxyl groups is 1. The Kier molecular flexibility index (Phi) is 4.75. The van der Waals surface area contributed by atoms with Crippen molar-refractivity contribution in [2.24, 2.45) is 11.3 Å². The minimum absolute atomic E-state index is 0.113. The zero-order chi connectivity index (χ0) is 26.9. The van der Waals surface area contributed by atoms with Crippen molar-refractivity contribution in [3.05, 3.63) is 47.2 Å². The number of carbonyl (C=O) groups is 2. The molecule has 2 unspecified atom stereocenters. The molecule has 38 heavy (non-hydrogen) atoms. The molecular formula is C30H35NO7. The van der Waals surface area contributed by atoms with E-state index >= 15 is 0 Å². The molecule has 1 aromatic carbocycles. The molecule has 0 amide bonds. The Morgan fingerprint density at radius 1 is 1.18 bits per heavy atom. The van der Waals surface area contributed by atoms with E-state index in [4.69, 9.17) is 18.9 Å². The average molecular weight is 522 g/mol. The van der Waals surface area contributed by atoms with E-state index in [2.05, 4.69) is 31.0 Å². The van der Waals surface area contributed by atoms with Crippen LogP contribution in [0.15, 0.2) is 35.9 Å². The van der Waals surface area contributed by atoms with E-state index in [0.29, 0.717) is 24.8 Å². The molecule has 1 spiro atoms. The minimum atomic E-state index is -1.71. The number of fused-ring (bicyclic) bond motifs is 9. The quantitative estimate of drug-likeness (QED) is 0.596. The van der Waals surface area contributed by atoms with Gasteiger partial charge < -0.3 is 29.0 Å². The summed E-state index contributed by atoms with van der Waals surface area (Å²) in [5.74, 6) is -1.91. The first kappa shape index (κ1) is 24.5. The van der Waals surface area contributed by atoms with Crippen LogP contribution in [0.5, 0.6) is 0 Å². The third-order valence-electron chi connectivity index (χ3n) is 10.8. The normalized spacial score (nSPS) is 42.2. The lowest BCUT2D eigenvalue weighted by Gasteiger charge is -2.67. The molecule has 2 aromatic rings. The van der Waals surface area contributed by atoms with Crippen LogP contribution in [0.3, 0.4) is 0 Å². The Balaban J connectivity index is 1.45. The number of H-pyrrole nitrogens is 1. The lowest BCUT2D eigenvalue weighted by Crippen LogP contribution is -2.75. The summed E-state index contributed by atoms with van der Waals surface area (Å²) in [4.78, 5) is 29.9. The number of hydrogen-bond acceptors (Lipinski definition) is 7. The van der Waals surface area contributed by atoms with Crippen molar-refractivity contribution < 1.29 is 33.6 Å². The minimum Gasteiger partial charge on any atom is -0.457 e. The Morgan fingerprint density at radius 2 is 1.95 bits per heavy atom. The summed E-state index contributed by atoms with van der Waals surface area (Å²) in [6.07, 6.45) is 2.18. The molecule has 7 atom stereocenters. The highest BCUT2D eigenvalue weighted by Crippen LogP contribution is 2.72. The largest absolute Gasteiger partial charge is 0.457 e. The van der Waals surface area contributed by atoms with Crippen LogP contribution in [0.25, 0.3) is 10.9 Å². The van der Waals surface area contributed by atoms with Gasteiger partial charge in [-0.3, -0.25) is 4.79 Å². The summed E-state index contributed by atoms with van der Waals surface area (Å²) in [6.45, 7) is 7.78. The molecule has 2 saturated carbocycles. The molecule has 1 aromatic heterocycles. The molecule has 2 bridgehead atoms. The van der Waals surface area contributed by atoms with Gasteiger partial charge in [0, 0.05) is 46.5 Å². The number of aromatic amines is 1. The maximum Gasteiger partial charge on any atom is 0.332 e. The summed E-state index contributed by atoms with van der Waals surface area (Å²) in [5, 5.41) is 14.3. The number of hydrogen-bond donors (Lipinski definition) is 2. The van der Waals surface area contributed by atoms with Gasteiger partial charge in [0.15, 0.2) is 17.7 Å². The van der Waals surface area contributed by atoms with Gasteiger partial charge in [0.05, 0.1) is 0 Å². The molecule has 8 nitrogen and oxygen atoms in total. The van der Waals surface area contributed by atoms with Gasteiger partial charge in [0.25, 0.3) is 0 Å². The van der Waals surface area contributed by atoms with E-state index in [1.807, 2.05) is 26.0 Å². The van der Waals surface area contributed by atoms with E-state index in [-0.39, 0.29) is 18.3 Å². The van der Waals surface area contributed by atoms with Crippen molar-refractivity contribution in [3.8, 4) is 0 Å². The molecule has 3 fully saturated rings. The van der Waals surface area contributed by atoms with Crippen LogP contribution in [-0.4, -0.2) is 64.8 Å². The Hall–Kier alpha value is -2.52. The summed E-state index contributed by atoms with van der Waals surface area (Å²) in [5.41, 5.74) is -0.0248. The number of para-hydroxylation sites is 1. The van der Waals surface area contributed by atoms with E-state index in [1.54, 1.807) is 0 Å². The van der Waals surface area contributed by atoms with E-state index in [1.165, 1.54) is 24.1 Å². The van der Waals surface area contributed by atoms with Crippen molar-refractivity contribution in [1.29, 1.82) is 0 Å². The van der Waals surface area contributed by atoms with Crippen molar-refractivity contribution in [3.63, 3.8) is 0 Å². The number of methoxy groups -OCH3 is 1. The fourth-order valence-corrected chi connectivity index (χ4v) is 8.84. The van der Waals surface area contributed by atoms with Crippen molar-refractivity contribution in [1.82, 2.24) is 4.98 Å². The van der Waals surface area contributed by atoms with Crippen molar-refractivity contribution in [2.75, 3.05) is 13.7 Å². The SMILES string of the molecule is COCC(=O)O[C@H]1C[C@H]2Cc3c([nH]c4ccccc34)[C@]2(C)C2(C)CCC34O[C@@H](C(=O)C=C3[C@]12O)C(C)(C)O4. The molecule has 7 rings (SSSR count). The van der Waals surface area contributed by atoms with Crippen molar-refractivity contribution >= 4 is 22.7 Å². The van der Waals surface area contributed by atoms with Gasteiger partial charge in [-0.25, -0.2) is 4.79 Å². The molecule has 1 saturated heterocycles. The van der Waals surface area contributed by atoms with Crippen LogP contribution in [0.4, 0.5) is 0 Å². The monoisotopic (exact) mass is 521 g/mol.